The Morgan fingerprint density at radius 3 is 2.22 bits per heavy atom. The molecule has 0 saturated heterocycles. The van der Waals surface area contributed by atoms with Gasteiger partial charge in [-0.15, -0.1) is 0 Å². The average molecular weight is 313 g/mol. The zero-order valence-electron chi connectivity index (χ0n) is 14.3. The van der Waals surface area contributed by atoms with Crippen molar-refractivity contribution < 1.29 is 9.59 Å². The van der Waals surface area contributed by atoms with Crippen molar-refractivity contribution in [3.63, 3.8) is 0 Å². The van der Waals surface area contributed by atoms with Gasteiger partial charge in [0, 0.05) is 23.4 Å². The minimum Gasteiger partial charge on any atom is -0.326 e. The number of anilines is 1. The normalized spacial score (nSPS) is 10.9. The number of nitrogens with zero attached hydrogens (tertiary/aromatic N) is 2. The molecule has 0 aliphatic rings. The summed E-state index contributed by atoms with van der Waals surface area (Å²) in [6.45, 7) is 9.72. The Morgan fingerprint density at radius 2 is 1.74 bits per heavy atom. The summed E-state index contributed by atoms with van der Waals surface area (Å²) in [5.41, 5.74) is 3.96. The lowest BCUT2D eigenvalue weighted by Gasteiger charge is -2.08. The molecule has 2 aromatic rings. The SMILES string of the molecule is Cc1nn(C(=O)c2ccc(NC(=O)CC(C)C)cc2)c(C)c1C. The van der Waals surface area contributed by atoms with Crippen LogP contribution in [0.25, 0.3) is 0 Å². The topological polar surface area (TPSA) is 64.0 Å². The molecule has 0 unspecified atom stereocenters. The second-order valence-electron chi connectivity index (χ2n) is 6.24. The van der Waals surface area contributed by atoms with E-state index in [-0.39, 0.29) is 11.8 Å². The third kappa shape index (κ3) is 3.86. The van der Waals surface area contributed by atoms with Gasteiger partial charge in [-0.1, -0.05) is 13.8 Å². The summed E-state index contributed by atoms with van der Waals surface area (Å²) in [7, 11) is 0. The largest absolute Gasteiger partial charge is 0.326 e. The molecule has 5 heteroatoms. The van der Waals surface area contributed by atoms with Crippen LogP contribution in [0.4, 0.5) is 5.69 Å². The van der Waals surface area contributed by atoms with Crippen LogP contribution in [-0.4, -0.2) is 21.6 Å². The fraction of sp³-hybridized carbons (Fsp3) is 0.389. The molecule has 0 radical (unpaired) electrons. The summed E-state index contributed by atoms with van der Waals surface area (Å²) < 4.78 is 1.43. The lowest BCUT2D eigenvalue weighted by Crippen LogP contribution is -2.16. The molecule has 2 rings (SSSR count). The van der Waals surface area contributed by atoms with Gasteiger partial charge in [-0.05, 0) is 56.5 Å². The number of hydrogen-bond acceptors (Lipinski definition) is 3. The minimum absolute atomic E-state index is 0.0201. The molecule has 0 fully saturated rings. The van der Waals surface area contributed by atoms with Crippen LogP contribution >= 0.6 is 0 Å². The Bertz CT molecular complexity index is 727. The lowest BCUT2D eigenvalue weighted by molar-refractivity contribution is -0.116. The number of amides is 1. The van der Waals surface area contributed by atoms with Crippen LogP contribution in [0.2, 0.25) is 0 Å². The van der Waals surface area contributed by atoms with Crippen LogP contribution in [0, 0.1) is 26.7 Å². The van der Waals surface area contributed by atoms with Crippen LogP contribution in [0.15, 0.2) is 24.3 Å². The van der Waals surface area contributed by atoms with Crippen molar-refractivity contribution >= 4 is 17.5 Å². The molecule has 1 heterocycles. The molecule has 1 amide bonds. The highest BCUT2D eigenvalue weighted by molar-refractivity contribution is 5.97. The Kier molecular flexibility index (Phi) is 4.98. The molecule has 1 N–H and O–H groups in total. The second kappa shape index (κ2) is 6.77. The molecule has 1 aromatic carbocycles. The minimum atomic E-state index is -0.168. The summed E-state index contributed by atoms with van der Waals surface area (Å²) in [4.78, 5) is 24.3. The Balaban J connectivity index is 2.14. The predicted octanol–water partition coefficient (Wildman–Crippen LogP) is 3.48. The third-order valence-corrected chi connectivity index (χ3v) is 3.85. The summed E-state index contributed by atoms with van der Waals surface area (Å²) in [6, 6.07) is 6.90. The average Bonchev–Trinajstić information content (AvgIpc) is 2.74. The number of aryl methyl sites for hydroxylation is 1. The first-order chi connectivity index (χ1) is 10.8. The fourth-order valence-electron chi connectivity index (χ4n) is 2.32. The van der Waals surface area contributed by atoms with Crippen LogP contribution in [0.3, 0.4) is 0 Å². The van der Waals surface area contributed by atoms with Crippen LogP contribution < -0.4 is 5.32 Å². The maximum absolute atomic E-state index is 12.5. The van der Waals surface area contributed by atoms with Gasteiger partial charge in [-0.2, -0.15) is 5.10 Å². The van der Waals surface area contributed by atoms with Crippen molar-refractivity contribution in [1.82, 2.24) is 9.78 Å². The van der Waals surface area contributed by atoms with Gasteiger partial charge >= 0.3 is 0 Å². The molecule has 1 aromatic heterocycles. The highest BCUT2D eigenvalue weighted by Gasteiger charge is 2.15. The molecule has 0 bridgehead atoms. The van der Waals surface area contributed by atoms with E-state index in [2.05, 4.69) is 10.4 Å². The zero-order chi connectivity index (χ0) is 17.1. The number of nitrogens with one attached hydrogen (secondary N) is 1. The molecule has 122 valence electrons. The number of carbonyl (C=O) groups excluding carboxylic acids is 2. The summed E-state index contributed by atoms with van der Waals surface area (Å²) in [5, 5.41) is 7.12. The van der Waals surface area contributed by atoms with Crippen molar-refractivity contribution in [2.75, 3.05) is 5.32 Å². The standard InChI is InChI=1S/C18H23N3O2/c1-11(2)10-17(22)19-16-8-6-15(7-9-16)18(23)21-14(5)12(3)13(4)20-21/h6-9,11H,10H2,1-5H3,(H,19,22). The van der Waals surface area contributed by atoms with E-state index in [1.807, 2.05) is 34.6 Å². The van der Waals surface area contributed by atoms with E-state index in [0.29, 0.717) is 23.6 Å². The first kappa shape index (κ1) is 16.9. The second-order valence-corrected chi connectivity index (χ2v) is 6.24. The van der Waals surface area contributed by atoms with E-state index in [1.54, 1.807) is 24.3 Å². The van der Waals surface area contributed by atoms with Gasteiger partial charge in [0.15, 0.2) is 0 Å². The molecule has 0 spiro atoms. The number of benzene rings is 1. The van der Waals surface area contributed by atoms with E-state index >= 15 is 0 Å². The zero-order valence-corrected chi connectivity index (χ0v) is 14.3. The van der Waals surface area contributed by atoms with Gasteiger partial charge in [-0.25, -0.2) is 4.68 Å². The van der Waals surface area contributed by atoms with Gasteiger partial charge in [0.2, 0.25) is 5.91 Å². The van der Waals surface area contributed by atoms with Crippen LogP contribution in [0.1, 0.15) is 47.6 Å². The van der Waals surface area contributed by atoms with Crippen molar-refractivity contribution in [3.8, 4) is 0 Å². The number of aromatic nitrogens is 2. The quantitative estimate of drug-likeness (QED) is 0.940. The molecule has 5 nitrogen and oxygen atoms in total. The van der Waals surface area contributed by atoms with Gasteiger partial charge in [0.05, 0.1) is 5.69 Å². The predicted molar refractivity (Wildman–Crippen MR) is 90.7 cm³/mol. The molecular weight excluding hydrogens is 290 g/mol. The van der Waals surface area contributed by atoms with Crippen LogP contribution in [-0.2, 0) is 4.79 Å². The molecule has 0 saturated carbocycles. The van der Waals surface area contributed by atoms with E-state index in [9.17, 15) is 9.59 Å². The molecule has 0 aliphatic heterocycles. The molecule has 0 aliphatic carbocycles. The van der Waals surface area contributed by atoms with Gasteiger partial charge in [-0.3, -0.25) is 9.59 Å². The Morgan fingerprint density at radius 1 is 1.13 bits per heavy atom. The van der Waals surface area contributed by atoms with E-state index in [1.165, 1.54) is 4.68 Å². The number of rotatable bonds is 4. The summed E-state index contributed by atoms with van der Waals surface area (Å²) in [5.74, 6) is 0.122. The lowest BCUT2D eigenvalue weighted by atomic mass is 10.1. The van der Waals surface area contributed by atoms with Crippen molar-refractivity contribution in [3.05, 3.63) is 46.8 Å². The fourth-order valence-corrected chi connectivity index (χ4v) is 2.32. The maximum atomic E-state index is 12.5. The van der Waals surface area contributed by atoms with Gasteiger partial charge < -0.3 is 5.32 Å². The smallest absolute Gasteiger partial charge is 0.278 e. The Hall–Kier alpha value is -2.43. The Labute approximate surface area is 136 Å². The number of hydrogen-bond donors (Lipinski definition) is 1. The molecule has 23 heavy (non-hydrogen) atoms. The highest BCUT2D eigenvalue weighted by Crippen LogP contribution is 2.15. The maximum Gasteiger partial charge on any atom is 0.278 e. The first-order valence-electron chi connectivity index (χ1n) is 7.77. The van der Waals surface area contributed by atoms with Gasteiger partial charge in [0.1, 0.15) is 0 Å². The summed E-state index contributed by atoms with van der Waals surface area (Å²) >= 11 is 0. The van der Waals surface area contributed by atoms with Crippen molar-refractivity contribution in [2.45, 2.75) is 41.0 Å². The molecule has 0 atom stereocenters. The van der Waals surface area contributed by atoms with Gasteiger partial charge in [0.25, 0.3) is 5.91 Å². The first-order valence-corrected chi connectivity index (χ1v) is 7.77. The number of carbonyl (C=O) groups is 2. The van der Waals surface area contributed by atoms with Crippen LogP contribution in [0.5, 0.6) is 0 Å². The van der Waals surface area contributed by atoms with E-state index < -0.39 is 0 Å². The highest BCUT2D eigenvalue weighted by atomic mass is 16.2. The van der Waals surface area contributed by atoms with Crippen molar-refractivity contribution in [1.29, 1.82) is 0 Å². The van der Waals surface area contributed by atoms with E-state index in [0.717, 1.165) is 17.0 Å². The van der Waals surface area contributed by atoms with Crippen molar-refractivity contribution in [2.24, 2.45) is 5.92 Å². The molecular formula is C18H23N3O2. The summed E-state index contributed by atoms with van der Waals surface area (Å²) in [6.07, 6.45) is 0.478. The van der Waals surface area contributed by atoms with E-state index in [4.69, 9.17) is 0 Å². The monoisotopic (exact) mass is 313 g/mol. The third-order valence-electron chi connectivity index (χ3n) is 3.85.